The van der Waals surface area contributed by atoms with E-state index in [0.29, 0.717) is 31.7 Å². The van der Waals surface area contributed by atoms with Crippen LogP contribution in [0.3, 0.4) is 0 Å². The number of carbonyl (C=O) groups excluding carboxylic acids is 2. The van der Waals surface area contributed by atoms with Gasteiger partial charge in [-0.2, -0.15) is 0 Å². The number of benzene rings is 1. The third-order valence-corrected chi connectivity index (χ3v) is 5.41. The van der Waals surface area contributed by atoms with Crippen LogP contribution in [0.2, 0.25) is 0 Å². The van der Waals surface area contributed by atoms with E-state index in [2.05, 4.69) is 6.92 Å². The zero-order valence-electron chi connectivity index (χ0n) is 14.6. The fraction of sp³-hybridized carbons (Fsp3) is 0.579. The van der Waals surface area contributed by atoms with Crippen LogP contribution >= 0.6 is 0 Å². The number of amides is 2. The van der Waals surface area contributed by atoms with Gasteiger partial charge in [-0.25, -0.2) is 0 Å². The first-order chi connectivity index (χ1) is 11.5. The lowest BCUT2D eigenvalue weighted by molar-refractivity contribution is -0.142. The Balaban J connectivity index is 1.58. The molecule has 5 nitrogen and oxygen atoms in total. The maximum atomic E-state index is 12.7. The molecule has 2 fully saturated rings. The van der Waals surface area contributed by atoms with Gasteiger partial charge in [-0.15, -0.1) is 0 Å². The molecule has 0 atom stereocenters. The molecule has 0 radical (unpaired) electrons. The molecule has 1 aromatic carbocycles. The van der Waals surface area contributed by atoms with Crippen molar-refractivity contribution in [1.82, 2.24) is 9.80 Å². The van der Waals surface area contributed by atoms with Crippen molar-refractivity contribution >= 4 is 11.8 Å². The van der Waals surface area contributed by atoms with Crippen molar-refractivity contribution in [3.8, 4) is 5.75 Å². The molecule has 0 aromatic heterocycles. The molecule has 3 rings (SSSR count). The zero-order chi connectivity index (χ0) is 17.2. The third kappa shape index (κ3) is 3.25. The van der Waals surface area contributed by atoms with Crippen molar-refractivity contribution < 1.29 is 14.3 Å². The van der Waals surface area contributed by atoms with Crippen LogP contribution in [0.1, 0.15) is 43.0 Å². The first-order valence-electron chi connectivity index (χ1n) is 8.76. The van der Waals surface area contributed by atoms with Gasteiger partial charge in [0, 0.05) is 37.2 Å². The van der Waals surface area contributed by atoms with Gasteiger partial charge in [-0.05, 0) is 37.1 Å². The topological polar surface area (TPSA) is 49.9 Å². The van der Waals surface area contributed by atoms with Crippen LogP contribution in [-0.4, -0.2) is 54.9 Å². The summed E-state index contributed by atoms with van der Waals surface area (Å²) in [5.74, 6) is 1.04. The number of nitrogens with zero attached hydrogens (tertiary/aromatic N) is 2. The summed E-state index contributed by atoms with van der Waals surface area (Å²) in [7, 11) is 1.61. The van der Waals surface area contributed by atoms with Gasteiger partial charge < -0.3 is 14.5 Å². The van der Waals surface area contributed by atoms with Gasteiger partial charge >= 0.3 is 0 Å². The van der Waals surface area contributed by atoms with E-state index in [1.165, 1.54) is 0 Å². The number of carbonyl (C=O) groups is 2. The van der Waals surface area contributed by atoms with Gasteiger partial charge in [0.2, 0.25) is 5.91 Å². The molecule has 1 heterocycles. The van der Waals surface area contributed by atoms with E-state index >= 15 is 0 Å². The molecule has 130 valence electrons. The van der Waals surface area contributed by atoms with Crippen LogP contribution in [0.5, 0.6) is 5.75 Å². The predicted octanol–water partition coefficient (Wildman–Crippen LogP) is 2.56. The van der Waals surface area contributed by atoms with Gasteiger partial charge in [0.25, 0.3) is 5.91 Å². The number of ether oxygens (including phenoxy) is 1. The lowest BCUT2D eigenvalue weighted by Crippen LogP contribution is -2.53. The molecule has 1 aromatic rings. The second-order valence-electron chi connectivity index (χ2n) is 7.08. The highest BCUT2D eigenvalue weighted by atomic mass is 16.5. The molecule has 0 N–H and O–H groups in total. The van der Waals surface area contributed by atoms with E-state index in [1.807, 2.05) is 9.80 Å². The Bertz CT molecular complexity index is 598. The highest BCUT2D eigenvalue weighted by molar-refractivity contribution is 5.94. The zero-order valence-corrected chi connectivity index (χ0v) is 14.6. The normalized spacial score (nSPS) is 20.1. The Hall–Kier alpha value is -2.04. The van der Waals surface area contributed by atoms with Crippen LogP contribution in [0.25, 0.3) is 0 Å². The molecular formula is C19H26N2O3. The summed E-state index contributed by atoms with van der Waals surface area (Å²) in [5, 5.41) is 0. The summed E-state index contributed by atoms with van der Waals surface area (Å²) in [6.07, 6.45) is 4.30. The van der Waals surface area contributed by atoms with E-state index in [4.69, 9.17) is 4.74 Å². The van der Waals surface area contributed by atoms with Crippen molar-refractivity contribution in [3.05, 3.63) is 29.8 Å². The molecule has 5 heteroatoms. The summed E-state index contributed by atoms with van der Waals surface area (Å²) in [6, 6.07) is 7.18. The van der Waals surface area contributed by atoms with Gasteiger partial charge in [-0.1, -0.05) is 19.8 Å². The number of piperazine rings is 1. The number of hydrogen-bond acceptors (Lipinski definition) is 3. The standard InChI is InChI=1S/C19H26N2O3/c1-19(9-3-4-10-19)18(23)21-13-11-20(12-14-21)17(22)15-5-7-16(24-2)8-6-15/h5-8H,3-4,9-14H2,1-2H3. The Kier molecular flexibility index (Phi) is 4.78. The van der Waals surface area contributed by atoms with E-state index in [9.17, 15) is 9.59 Å². The van der Waals surface area contributed by atoms with Gasteiger partial charge in [-0.3, -0.25) is 9.59 Å². The number of hydrogen-bond donors (Lipinski definition) is 0. The molecule has 1 aliphatic carbocycles. The molecule has 0 unspecified atom stereocenters. The minimum absolute atomic E-state index is 0.0248. The monoisotopic (exact) mass is 330 g/mol. The second kappa shape index (κ2) is 6.83. The molecule has 0 spiro atoms. The average Bonchev–Trinajstić information content (AvgIpc) is 3.08. The van der Waals surface area contributed by atoms with Crippen LogP contribution in [0.4, 0.5) is 0 Å². The molecule has 24 heavy (non-hydrogen) atoms. The molecule has 1 saturated carbocycles. The lowest BCUT2D eigenvalue weighted by Gasteiger charge is -2.38. The summed E-state index contributed by atoms with van der Waals surface area (Å²) in [5.41, 5.74) is 0.487. The van der Waals surface area contributed by atoms with E-state index in [1.54, 1.807) is 31.4 Å². The lowest BCUT2D eigenvalue weighted by atomic mass is 9.87. The Morgan fingerprint density at radius 2 is 1.50 bits per heavy atom. The van der Waals surface area contributed by atoms with Crippen molar-refractivity contribution in [2.45, 2.75) is 32.6 Å². The quantitative estimate of drug-likeness (QED) is 0.856. The SMILES string of the molecule is COc1ccc(C(=O)N2CCN(C(=O)C3(C)CCCC3)CC2)cc1. The fourth-order valence-electron chi connectivity index (χ4n) is 3.78. The molecule has 2 aliphatic rings. The van der Waals surface area contributed by atoms with Gasteiger partial charge in [0.15, 0.2) is 0 Å². The van der Waals surface area contributed by atoms with E-state index < -0.39 is 0 Å². The van der Waals surface area contributed by atoms with Crippen molar-refractivity contribution in [2.24, 2.45) is 5.41 Å². The molecule has 2 amide bonds. The van der Waals surface area contributed by atoms with Gasteiger partial charge in [0.05, 0.1) is 7.11 Å². The first kappa shape index (κ1) is 16.8. The fourth-order valence-corrected chi connectivity index (χ4v) is 3.78. The highest BCUT2D eigenvalue weighted by Gasteiger charge is 2.40. The van der Waals surface area contributed by atoms with Crippen molar-refractivity contribution in [1.29, 1.82) is 0 Å². The van der Waals surface area contributed by atoms with Crippen LogP contribution in [0.15, 0.2) is 24.3 Å². The molecule has 1 saturated heterocycles. The Labute approximate surface area is 143 Å². The minimum atomic E-state index is -0.178. The smallest absolute Gasteiger partial charge is 0.253 e. The summed E-state index contributed by atoms with van der Waals surface area (Å²) in [6.45, 7) is 4.57. The molecule has 1 aliphatic heterocycles. The minimum Gasteiger partial charge on any atom is -0.497 e. The van der Waals surface area contributed by atoms with Crippen LogP contribution in [-0.2, 0) is 4.79 Å². The number of rotatable bonds is 3. The highest BCUT2D eigenvalue weighted by Crippen LogP contribution is 2.39. The van der Waals surface area contributed by atoms with Crippen LogP contribution in [0, 0.1) is 5.41 Å². The molecular weight excluding hydrogens is 304 g/mol. The average molecular weight is 330 g/mol. The summed E-state index contributed by atoms with van der Waals surface area (Å²) in [4.78, 5) is 29.1. The Morgan fingerprint density at radius 3 is 2.04 bits per heavy atom. The van der Waals surface area contributed by atoms with Crippen molar-refractivity contribution in [2.75, 3.05) is 33.3 Å². The first-order valence-corrected chi connectivity index (χ1v) is 8.76. The van der Waals surface area contributed by atoms with Crippen LogP contribution < -0.4 is 4.74 Å². The van der Waals surface area contributed by atoms with E-state index in [0.717, 1.165) is 31.4 Å². The maximum absolute atomic E-state index is 12.7. The second-order valence-corrected chi connectivity index (χ2v) is 7.08. The third-order valence-electron chi connectivity index (χ3n) is 5.41. The van der Waals surface area contributed by atoms with Crippen molar-refractivity contribution in [3.63, 3.8) is 0 Å². The van der Waals surface area contributed by atoms with Gasteiger partial charge in [0.1, 0.15) is 5.75 Å². The summed E-state index contributed by atoms with van der Waals surface area (Å²) >= 11 is 0. The largest absolute Gasteiger partial charge is 0.497 e. The number of methoxy groups -OCH3 is 1. The Morgan fingerprint density at radius 1 is 0.958 bits per heavy atom. The predicted molar refractivity (Wildman–Crippen MR) is 92.1 cm³/mol. The summed E-state index contributed by atoms with van der Waals surface area (Å²) < 4.78 is 5.12. The van der Waals surface area contributed by atoms with E-state index in [-0.39, 0.29) is 17.2 Å². The maximum Gasteiger partial charge on any atom is 0.253 e. The molecule has 0 bridgehead atoms.